The molecule has 9 heteroatoms. The number of nitrogens with zero attached hydrogens (tertiary/aromatic N) is 3. The molecule has 6 rings (SSSR count). The maximum atomic E-state index is 14.3. The van der Waals surface area contributed by atoms with Crippen LogP contribution >= 0.6 is 11.8 Å². The highest BCUT2D eigenvalue weighted by Gasteiger charge is 2.34. The zero-order valence-electron chi connectivity index (χ0n) is 27.4. The first kappa shape index (κ1) is 32.1. The first-order valence-electron chi connectivity index (χ1n) is 15.6. The van der Waals surface area contributed by atoms with Crippen molar-refractivity contribution in [3.05, 3.63) is 140 Å². The molecule has 0 saturated carbocycles. The smallest absolute Gasteiger partial charge is 0.255 e. The molecule has 240 valence electrons. The fourth-order valence-corrected chi connectivity index (χ4v) is 6.59. The number of amides is 1. The molecule has 47 heavy (non-hydrogen) atoms. The summed E-state index contributed by atoms with van der Waals surface area (Å²) in [5, 5.41) is 11.7. The monoisotopic (exact) mass is 647 g/mol. The zero-order valence-corrected chi connectivity index (χ0v) is 28.3. The lowest BCUT2D eigenvalue weighted by Crippen LogP contribution is -2.31. The molecule has 1 atom stereocenters. The van der Waals surface area contributed by atoms with Gasteiger partial charge in [-0.15, -0.1) is 5.10 Å². The Morgan fingerprint density at radius 2 is 1.64 bits per heavy atom. The van der Waals surface area contributed by atoms with Gasteiger partial charge in [0.25, 0.3) is 5.91 Å². The Hall–Kier alpha value is -4.89. The molecule has 1 amide bonds. The van der Waals surface area contributed by atoms with E-state index in [1.54, 1.807) is 16.8 Å². The molecule has 0 spiro atoms. The quantitative estimate of drug-likeness (QED) is 0.156. The van der Waals surface area contributed by atoms with Gasteiger partial charge < -0.3 is 15.4 Å². The molecule has 0 fully saturated rings. The van der Waals surface area contributed by atoms with Crippen molar-refractivity contribution in [3.63, 3.8) is 0 Å². The minimum Gasteiger partial charge on any atom is -0.489 e. The Balaban J connectivity index is 1.30. The molecule has 0 saturated heterocycles. The Morgan fingerprint density at radius 1 is 0.894 bits per heavy atom. The van der Waals surface area contributed by atoms with Crippen LogP contribution in [-0.4, -0.2) is 20.7 Å². The van der Waals surface area contributed by atoms with E-state index in [2.05, 4.69) is 43.5 Å². The fraction of sp³-hybridized carbons (Fsp3) is 0.237. The summed E-state index contributed by atoms with van der Waals surface area (Å²) in [6.07, 6.45) is 0. The number of carbonyl (C=O) groups excluding carboxylic acids is 1. The van der Waals surface area contributed by atoms with Gasteiger partial charge in [0.15, 0.2) is 0 Å². The lowest BCUT2D eigenvalue weighted by molar-refractivity contribution is -0.113. The van der Waals surface area contributed by atoms with Crippen molar-refractivity contribution >= 4 is 29.3 Å². The van der Waals surface area contributed by atoms with Crippen LogP contribution < -0.4 is 15.4 Å². The van der Waals surface area contributed by atoms with Crippen molar-refractivity contribution < 1.29 is 13.9 Å². The molecule has 2 heterocycles. The van der Waals surface area contributed by atoms with E-state index >= 15 is 0 Å². The summed E-state index contributed by atoms with van der Waals surface area (Å²) in [5.74, 6) is 1.11. The third-order valence-corrected chi connectivity index (χ3v) is 9.45. The summed E-state index contributed by atoms with van der Waals surface area (Å²) in [6, 6.07) is 24.2. The number of allylic oxidation sites excluding steroid dienone is 1. The summed E-state index contributed by atoms with van der Waals surface area (Å²) in [5.41, 5.74) is 10.3. The minimum atomic E-state index is -0.566. The predicted molar refractivity (Wildman–Crippen MR) is 186 cm³/mol. The van der Waals surface area contributed by atoms with Gasteiger partial charge in [0.2, 0.25) is 11.1 Å². The van der Waals surface area contributed by atoms with E-state index in [9.17, 15) is 9.18 Å². The topological polar surface area (TPSA) is 81.1 Å². The van der Waals surface area contributed by atoms with E-state index in [0.717, 1.165) is 33.7 Å². The third-order valence-electron chi connectivity index (χ3n) is 8.56. The first-order chi connectivity index (χ1) is 22.6. The predicted octanol–water partition coefficient (Wildman–Crippen LogP) is 8.76. The molecule has 1 aliphatic heterocycles. The molecule has 0 aliphatic carbocycles. The second kappa shape index (κ2) is 13.5. The molecule has 5 aromatic rings. The lowest BCUT2D eigenvalue weighted by Gasteiger charge is -2.29. The second-order valence-electron chi connectivity index (χ2n) is 12.1. The van der Waals surface area contributed by atoms with Crippen LogP contribution in [0.3, 0.4) is 0 Å². The number of fused-ring (bicyclic) bond motifs is 1. The van der Waals surface area contributed by atoms with Crippen molar-refractivity contribution in [2.24, 2.45) is 0 Å². The van der Waals surface area contributed by atoms with Crippen LogP contribution in [0.1, 0.15) is 57.5 Å². The number of nitrogens with one attached hydrogen (secondary N) is 2. The maximum absolute atomic E-state index is 14.3. The average Bonchev–Trinajstić information content (AvgIpc) is 3.45. The van der Waals surface area contributed by atoms with Crippen LogP contribution in [0.5, 0.6) is 5.75 Å². The van der Waals surface area contributed by atoms with Crippen molar-refractivity contribution in [1.82, 2.24) is 14.8 Å². The van der Waals surface area contributed by atoms with Gasteiger partial charge >= 0.3 is 0 Å². The average molecular weight is 648 g/mol. The number of hydrogen-bond donors (Lipinski definition) is 2. The highest BCUT2D eigenvalue weighted by Crippen LogP contribution is 2.38. The summed E-state index contributed by atoms with van der Waals surface area (Å²) in [4.78, 5) is 18.7. The molecule has 1 aromatic heterocycles. The van der Waals surface area contributed by atoms with Gasteiger partial charge in [0.1, 0.15) is 24.2 Å². The van der Waals surface area contributed by atoms with Gasteiger partial charge in [-0.2, -0.15) is 4.98 Å². The second-order valence-corrected chi connectivity index (χ2v) is 13.0. The van der Waals surface area contributed by atoms with E-state index in [1.165, 1.54) is 34.5 Å². The molecular weight excluding hydrogens is 610 g/mol. The van der Waals surface area contributed by atoms with Crippen LogP contribution in [0.15, 0.2) is 95.3 Å². The number of anilines is 2. The number of rotatable bonds is 9. The summed E-state index contributed by atoms with van der Waals surface area (Å²) in [6.45, 7) is 12.7. The number of hydrogen-bond acceptors (Lipinski definition) is 6. The minimum absolute atomic E-state index is 0.237. The van der Waals surface area contributed by atoms with Crippen LogP contribution in [0, 0.1) is 40.4 Å². The van der Waals surface area contributed by atoms with Crippen LogP contribution in [0.4, 0.5) is 16.0 Å². The Bertz CT molecular complexity index is 2000. The number of benzene rings is 4. The highest BCUT2D eigenvalue weighted by molar-refractivity contribution is 7.98. The molecule has 0 bridgehead atoms. The summed E-state index contributed by atoms with van der Waals surface area (Å²) < 4.78 is 22.3. The van der Waals surface area contributed by atoms with Gasteiger partial charge in [-0.25, -0.2) is 9.07 Å². The van der Waals surface area contributed by atoms with E-state index < -0.39 is 6.04 Å². The highest BCUT2D eigenvalue weighted by atomic mass is 32.2. The first-order valence-corrected chi connectivity index (χ1v) is 16.5. The molecule has 2 N–H and O–H groups in total. The maximum Gasteiger partial charge on any atom is 0.255 e. The number of ether oxygens (including phenoxy) is 1. The number of thioether (sulfide) groups is 1. The molecule has 7 nitrogen and oxygen atoms in total. The SMILES string of the molecule is CC1=C(C(=O)Nc2ccc(C)cc2C)C(c2ccc(OCc3cc(C)c(C)cc3C)cc2)n2nc(SCc3ccccc3F)nc2N1. The van der Waals surface area contributed by atoms with E-state index in [4.69, 9.17) is 14.8 Å². The van der Waals surface area contributed by atoms with E-state index in [0.29, 0.717) is 40.3 Å². The number of aromatic nitrogens is 3. The van der Waals surface area contributed by atoms with Crippen LogP contribution in [0.2, 0.25) is 0 Å². The van der Waals surface area contributed by atoms with Crippen molar-refractivity contribution in [1.29, 1.82) is 0 Å². The largest absolute Gasteiger partial charge is 0.489 e. The zero-order chi connectivity index (χ0) is 33.2. The number of aryl methyl sites for hydroxylation is 5. The van der Waals surface area contributed by atoms with Crippen LogP contribution in [-0.2, 0) is 17.2 Å². The molecular formula is C38H38FN5O2S. The van der Waals surface area contributed by atoms with Gasteiger partial charge in [-0.05, 0) is 105 Å². The normalized spacial score (nSPS) is 14.1. The standard InChI is InChI=1S/C38H38FN5O2S/c1-22-11-16-33(26(5)17-22)41-36(45)34-27(6)40-37-42-38(47-21-29-9-7-8-10-32(29)39)43-44(37)35(34)28-12-14-31(15-13-28)46-20-30-19-24(3)23(2)18-25(30)4/h7-19,35H,20-21H2,1-6H3,(H,41,45)(H,40,42,43). The van der Waals surface area contributed by atoms with Crippen LogP contribution in [0.25, 0.3) is 0 Å². The van der Waals surface area contributed by atoms with Gasteiger partial charge in [-0.3, -0.25) is 4.79 Å². The number of carbonyl (C=O) groups is 1. The van der Waals surface area contributed by atoms with Crippen molar-refractivity contribution in [2.75, 3.05) is 10.6 Å². The fourth-order valence-electron chi connectivity index (χ4n) is 5.78. The summed E-state index contributed by atoms with van der Waals surface area (Å²) in [7, 11) is 0. The van der Waals surface area contributed by atoms with Gasteiger partial charge in [0.05, 0.1) is 5.57 Å². The number of halogens is 1. The van der Waals surface area contributed by atoms with Crippen molar-refractivity contribution in [3.8, 4) is 5.75 Å². The Labute approximate surface area is 279 Å². The molecule has 4 aromatic carbocycles. The lowest BCUT2D eigenvalue weighted by atomic mass is 9.94. The van der Waals surface area contributed by atoms with E-state index in [-0.39, 0.29) is 11.7 Å². The molecule has 0 radical (unpaired) electrons. The van der Waals surface area contributed by atoms with Crippen molar-refractivity contribution in [2.45, 2.75) is 65.1 Å². The Kier molecular flexibility index (Phi) is 9.18. The van der Waals surface area contributed by atoms with Gasteiger partial charge in [0, 0.05) is 17.1 Å². The van der Waals surface area contributed by atoms with Gasteiger partial charge in [-0.1, -0.05) is 71.9 Å². The summed E-state index contributed by atoms with van der Waals surface area (Å²) >= 11 is 1.34. The van der Waals surface area contributed by atoms with E-state index in [1.807, 2.05) is 69.3 Å². The third kappa shape index (κ3) is 6.95. The Morgan fingerprint density at radius 3 is 2.38 bits per heavy atom. The molecule has 1 unspecified atom stereocenters. The molecule has 1 aliphatic rings.